The summed E-state index contributed by atoms with van der Waals surface area (Å²) in [6.07, 6.45) is 1.56. The van der Waals surface area contributed by atoms with Crippen LogP contribution in [0.3, 0.4) is 0 Å². The quantitative estimate of drug-likeness (QED) is 0.770. The Hall–Kier alpha value is -2.21. The SMILES string of the molecule is Nc1[nH]ncc1CNC(=O)COc1cccc(Cl)c1. The average molecular weight is 281 g/mol. The highest BCUT2D eigenvalue weighted by Crippen LogP contribution is 2.16. The second kappa shape index (κ2) is 6.10. The van der Waals surface area contributed by atoms with Gasteiger partial charge in [0.15, 0.2) is 6.61 Å². The molecule has 1 aromatic heterocycles. The maximum atomic E-state index is 11.6. The lowest BCUT2D eigenvalue weighted by atomic mass is 10.3. The Bertz CT molecular complexity index is 570. The van der Waals surface area contributed by atoms with Crippen molar-refractivity contribution in [3.8, 4) is 5.75 Å². The van der Waals surface area contributed by atoms with Crippen molar-refractivity contribution in [2.45, 2.75) is 6.54 Å². The van der Waals surface area contributed by atoms with Crippen LogP contribution in [-0.2, 0) is 11.3 Å². The fraction of sp³-hybridized carbons (Fsp3) is 0.167. The van der Waals surface area contributed by atoms with E-state index in [-0.39, 0.29) is 12.5 Å². The first-order valence-electron chi connectivity index (χ1n) is 5.58. The van der Waals surface area contributed by atoms with Gasteiger partial charge >= 0.3 is 0 Å². The van der Waals surface area contributed by atoms with Gasteiger partial charge in [-0.05, 0) is 18.2 Å². The molecule has 0 aliphatic rings. The summed E-state index contributed by atoms with van der Waals surface area (Å²) in [5.41, 5.74) is 6.33. The number of nitrogens with zero attached hydrogens (tertiary/aromatic N) is 1. The highest BCUT2D eigenvalue weighted by atomic mass is 35.5. The van der Waals surface area contributed by atoms with E-state index in [1.165, 1.54) is 0 Å². The van der Waals surface area contributed by atoms with Crippen LogP contribution in [0.25, 0.3) is 0 Å². The number of carbonyl (C=O) groups is 1. The van der Waals surface area contributed by atoms with Gasteiger partial charge < -0.3 is 15.8 Å². The number of amides is 1. The number of aromatic amines is 1. The molecule has 1 heterocycles. The van der Waals surface area contributed by atoms with Gasteiger partial charge in [-0.15, -0.1) is 0 Å². The number of halogens is 1. The topological polar surface area (TPSA) is 93.0 Å². The van der Waals surface area contributed by atoms with Crippen LogP contribution in [0.2, 0.25) is 5.02 Å². The zero-order valence-corrected chi connectivity index (χ0v) is 10.8. The number of rotatable bonds is 5. The lowest BCUT2D eigenvalue weighted by Gasteiger charge is -2.07. The predicted molar refractivity (Wildman–Crippen MR) is 71.8 cm³/mol. The highest BCUT2D eigenvalue weighted by Gasteiger charge is 2.05. The molecular weight excluding hydrogens is 268 g/mol. The lowest BCUT2D eigenvalue weighted by molar-refractivity contribution is -0.123. The standard InChI is InChI=1S/C12H13ClN4O2/c13-9-2-1-3-10(4-9)19-7-11(18)15-5-8-6-16-17-12(8)14/h1-4,6H,5,7H2,(H,15,18)(H3,14,16,17). The van der Waals surface area contributed by atoms with Gasteiger partial charge in [-0.2, -0.15) is 5.10 Å². The van der Waals surface area contributed by atoms with Crippen molar-refractivity contribution < 1.29 is 9.53 Å². The molecule has 0 fully saturated rings. The normalized spacial score (nSPS) is 10.2. The number of ether oxygens (including phenoxy) is 1. The first-order valence-corrected chi connectivity index (χ1v) is 5.96. The predicted octanol–water partition coefficient (Wildman–Crippen LogP) is 1.34. The Kier molecular flexibility index (Phi) is 4.25. The van der Waals surface area contributed by atoms with E-state index in [2.05, 4.69) is 15.5 Å². The second-order valence-corrected chi connectivity index (χ2v) is 4.27. The van der Waals surface area contributed by atoms with E-state index >= 15 is 0 Å². The minimum Gasteiger partial charge on any atom is -0.484 e. The Morgan fingerprint density at radius 2 is 2.37 bits per heavy atom. The number of H-pyrrole nitrogens is 1. The van der Waals surface area contributed by atoms with E-state index in [1.54, 1.807) is 30.5 Å². The Morgan fingerprint density at radius 1 is 1.53 bits per heavy atom. The van der Waals surface area contributed by atoms with Crippen LogP contribution in [-0.4, -0.2) is 22.7 Å². The second-order valence-electron chi connectivity index (χ2n) is 3.83. The third-order valence-electron chi connectivity index (χ3n) is 2.39. The summed E-state index contributed by atoms with van der Waals surface area (Å²) in [7, 11) is 0. The van der Waals surface area contributed by atoms with Crippen LogP contribution in [0, 0.1) is 0 Å². The molecule has 0 spiro atoms. The summed E-state index contributed by atoms with van der Waals surface area (Å²) in [6, 6.07) is 6.86. The zero-order chi connectivity index (χ0) is 13.7. The minimum atomic E-state index is -0.249. The van der Waals surface area contributed by atoms with E-state index in [1.807, 2.05) is 0 Å². The molecule has 0 saturated carbocycles. The Balaban J connectivity index is 1.77. The average Bonchev–Trinajstić information content (AvgIpc) is 2.80. The molecule has 4 N–H and O–H groups in total. The molecule has 0 bridgehead atoms. The largest absolute Gasteiger partial charge is 0.484 e. The summed E-state index contributed by atoms with van der Waals surface area (Å²) in [4.78, 5) is 11.6. The molecule has 0 unspecified atom stereocenters. The molecule has 0 atom stereocenters. The number of hydrogen-bond acceptors (Lipinski definition) is 4. The fourth-order valence-electron chi connectivity index (χ4n) is 1.41. The zero-order valence-electron chi connectivity index (χ0n) is 10.0. The molecule has 6 nitrogen and oxygen atoms in total. The van der Waals surface area contributed by atoms with E-state index in [9.17, 15) is 4.79 Å². The van der Waals surface area contributed by atoms with Crippen molar-refractivity contribution in [1.82, 2.24) is 15.5 Å². The molecule has 0 aliphatic carbocycles. The molecule has 2 rings (SSSR count). The van der Waals surface area contributed by atoms with Crippen molar-refractivity contribution in [2.24, 2.45) is 0 Å². The fourth-order valence-corrected chi connectivity index (χ4v) is 1.59. The Labute approximate surface area is 114 Å². The van der Waals surface area contributed by atoms with Crippen LogP contribution in [0.15, 0.2) is 30.5 Å². The number of benzene rings is 1. The van der Waals surface area contributed by atoms with Crippen LogP contribution < -0.4 is 15.8 Å². The molecular formula is C12H13ClN4O2. The summed E-state index contributed by atoms with van der Waals surface area (Å²) in [6.45, 7) is 0.220. The molecule has 1 amide bonds. The molecule has 7 heteroatoms. The van der Waals surface area contributed by atoms with Gasteiger partial charge in [0.1, 0.15) is 11.6 Å². The maximum absolute atomic E-state index is 11.6. The number of anilines is 1. The summed E-state index contributed by atoms with van der Waals surface area (Å²) < 4.78 is 5.30. The first-order chi connectivity index (χ1) is 9.15. The van der Waals surface area contributed by atoms with Crippen LogP contribution in [0.4, 0.5) is 5.82 Å². The lowest BCUT2D eigenvalue weighted by Crippen LogP contribution is -2.28. The number of nitrogens with two attached hydrogens (primary N) is 1. The van der Waals surface area contributed by atoms with Gasteiger partial charge in [-0.3, -0.25) is 9.89 Å². The molecule has 0 saturated heterocycles. The summed E-state index contributed by atoms with van der Waals surface area (Å²) in [5.74, 6) is 0.738. The van der Waals surface area contributed by atoms with E-state index in [0.717, 1.165) is 5.56 Å². The summed E-state index contributed by atoms with van der Waals surface area (Å²) in [5, 5.41) is 9.58. The number of aromatic nitrogens is 2. The van der Waals surface area contributed by atoms with Crippen molar-refractivity contribution in [2.75, 3.05) is 12.3 Å². The molecule has 19 heavy (non-hydrogen) atoms. The number of nitrogens with one attached hydrogen (secondary N) is 2. The first kappa shape index (κ1) is 13.2. The number of nitrogen functional groups attached to an aromatic ring is 1. The Morgan fingerprint density at radius 3 is 3.05 bits per heavy atom. The van der Waals surface area contributed by atoms with Gasteiger partial charge in [0.2, 0.25) is 0 Å². The highest BCUT2D eigenvalue weighted by molar-refractivity contribution is 6.30. The molecule has 100 valence electrons. The van der Waals surface area contributed by atoms with Gasteiger partial charge in [-0.1, -0.05) is 17.7 Å². The monoisotopic (exact) mass is 280 g/mol. The maximum Gasteiger partial charge on any atom is 0.258 e. The minimum absolute atomic E-state index is 0.0852. The van der Waals surface area contributed by atoms with Gasteiger partial charge in [-0.25, -0.2) is 0 Å². The van der Waals surface area contributed by atoms with Crippen molar-refractivity contribution in [3.05, 3.63) is 41.0 Å². The summed E-state index contributed by atoms with van der Waals surface area (Å²) >= 11 is 5.80. The van der Waals surface area contributed by atoms with Crippen LogP contribution in [0.1, 0.15) is 5.56 Å². The van der Waals surface area contributed by atoms with E-state index in [4.69, 9.17) is 22.1 Å². The van der Waals surface area contributed by atoms with Gasteiger partial charge in [0, 0.05) is 17.1 Å². The van der Waals surface area contributed by atoms with Crippen LogP contribution >= 0.6 is 11.6 Å². The smallest absolute Gasteiger partial charge is 0.258 e. The van der Waals surface area contributed by atoms with Gasteiger partial charge in [0.05, 0.1) is 6.20 Å². The van der Waals surface area contributed by atoms with Gasteiger partial charge in [0.25, 0.3) is 5.91 Å². The third-order valence-corrected chi connectivity index (χ3v) is 2.63. The van der Waals surface area contributed by atoms with Crippen molar-refractivity contribution in [1.29, 1.82) is 0 Å². The number of carbonyl (C=O) groups excluding carboxylic acids is 1. The third kappa shape index (κ3) is 3.89. The molecule has 2 aromatic rings. The van der Waals surface area contributed by atoms with Crippen LogP contribution in [0.5, 0.6) is 5.75 Å². The van der Waals surface area contributed by atoms with Crippen molar-refractivity contribution >= 4 is 23.3 Å². The van der Waals surface area contributed by atoms with E-state index < -0.39 is 0 Å². The molecule has 1 aromatic carbocycles. The number of hydrogen-bond donors (Lipinski definition) is 3. The molecule has 0 radical (unpaired) electrons. The van der Waals surface area contributed by atoms with Crippen molar-refractivity contribution in [3.63, 3.8) is 0 Å². The molecule has 0 aliphatic heterocycles. The van der Waals surface area contributed by atoms with E-state index in [0.29, 0.717) is 23.1 Å².